The Hall–Kier alpha value is -1.10. The van der Waals surface area contributed by atoms with Crippen molar-refractivity contribution in [3.63, 3.8) is 0 Å². The second-order valence-electron chi connectivity index (χ2n) is 18.2. The molecule has 0 saturated heterocycles. The predicted octanol–water partition coefficient (Wildman–Crippen LogP) is 18.3. The van der Waals surface area contributed by atoms with Crippen molar-refractivity contribution in [3.8, 4) is 0 Å². The highest BCUT2D eigenvalue weighted by atomic mass is 16.5. The van der Waals surface area contributed by atoms with E-state index >= 15 is 0 Å². The third-order valence-electron chi connectivity index (χ3n) is 12.2. The van der Waals surface area contributed by atoms with E-state index in [1.54, 1.807) is 0 Å². The average Bonchev–Trinajstić information content (AvgIpc) is 3.22. The maximum Gasteiger partial charge on any atom is 0.305 e. The molecule has 0 aromatic heterocycles. The molecule has 2 N–H and O–H groups in total. The number of aliphatic carboxylic acids is 1. The zero-order valence-electron chi connectivity index (χ0n) is 41.4. The minimum Gasteiger partial charge on any atom is -0.481 e. The summed E-state index contributed by atoms with van der Waals surface area (Å²) in [6, 6.07) is 0. The third kappa shape index (κ3) is 59.0. The van der Waals surface area contributed by atoms with Crippen LogP contribution in [0.5, 0.6) is 0 Å². The fraction of sp³-hybridized carbons (Fsp3) is 0.963. The molecule has 2 unspecified atom stereocenters. The fourth-order valence-corrected chi connectivity index (χ4v) is 8.07. The Bertz CT molecular complexity index is 770. The van der Waals surface area contributed by atoms with Crippen molar-refractivity contribution in [2.75, 3.05) is 13.2 Å². The van der Waals surface area contributed by atoms with E-state index in [9.17, 15) is 14.7 Å². The lowest BCUT2D eigenvalue weighted by atomic mass is 9.91. The van der Waals surface area contributed by atoms with Gasteiger partial charge in [0.05, 0.1) is 6.61 Å². The maximum absolute atomic E-state index is 11.8. The zero-order valence-corrected chi connectivity index (χ0v) is 41.4. The van der Waals surface area contributed by atoms with Crippen LogP contribution in [0.2, 0.25) is 0 Å². The van der Waals surface area contributed by atoms with Crippen molar-refractivity contribution in [3.05, 3.63) is 0 Å². The molecule has 0 radical (unpaired) electrons. The van der Waals surface area contributed by atoms with E-state index < -0.39 is 5.97 Å². The number of aliphatic hydroxyl groups excluding tert-OH is 1. The number of carboxylic acids is 1. The summed E-state index contributed by atoms with van der Waals surface area (Å²) in [5.74, 6) is 0.878. The molecule has 5 heteroatoms. The number of hydrogen-bond acceptors (Lipinski definition) is 4. The summed E-state index contributed by atoms with van der Waals surface area (Å²) in [5, 5.41) is 17.4. The lowest BCUT2D eigenvalue weighted by Gasteiger charge is -2.17. The molecule has 0 rings (SSSR count). The molecule has 0 aromatic rings. The summed E-state index contributed by atoms with van der Waals surface area (Å²) in [5.41, 5.74) is 0. The van der Waals surface area contributed by atoms with E-state index in [0.29, 0.717) is 26.1 Å². The molecule has 0 spiro atoms. The minimum atomic E-state index is -0.682. The Labute approximate surface area is 371 Å². The van der Waals surface area contributed by atoms with Crippen LogP contribution >= 0.6 is 0 Å². The maximum atomic E-state index is 11.8. The Morgan fingerprint density at radius 2 is 0.627 bits per heavy atom. The quantitative estimate of drug-likeness (QED) is 0.0471. The van der Waals surface area contributed by atoms with Gasteiger partial charge < -0.3 is 14.9 Å². The molecule has 356 valence electrons. The first-order valence-corrected chi connectivity index (χ1v) is 26.8. The average molecular weight is 839 g/mol. The van der Waals surface area contributed by atoms with Crippen LogP contribution in [0.4, 0.5) is 0 Å². The first-order valence-electron chi connectivity index (χ1n) is 26.8. The van der Waals surface area contributed by atoms with E-state index in [0.717, 1.165) is 63.2 Å². The van der Waals surface area contributed by atoms with E-state index in [-0.39, 0.29) is 5.97 Å². The summed E-state index contributed by atoms with van der Waals surface area (Å²) < 4.78 is 5.52. The Kier molecular flexibility index (Phi) is 60.0. The zero-order chi connectivity index (χ0) is 44.1. The SMILES string of the molecule is CCCCCC(=O)O.CCCCCCCCCCC(CCCCCCCC)CCOC(=O)CCCCC.CCCCCCCCCCC(CCO)CCCCCCCC. The van der Waals surface area contributed by atoms with Crippen LogP contribution in [0, 0.1) is 11.8 Å². The first kappa shape index (κ1) is 62.2. The highest BCUT2D eigenvalue weighted by Gasteiger charge is 2.11. The van der Waals surface area contributed by atoms with Gasteiger partial charge in [0.2, 0.25) is 0 Å². The first-order chi connectivity index (χ1) is 28.9. The molecule has 0 heterocycles. The number of unbranched alkanes of at least 4 members (excludes halogenated alkanes) is 28. The van der Waals surface area contributed by atoms with Crippen LogP contribution in [-0.2, 0) is 14.3 Å². The van der Waals surface area contributed by atoms with E-state index in [1.807, 2.05) is 0 Å². The second kappa shape index (κ2) is 56.9. The van der Waals surface area contributed by atoms with Gasteiger partial charge in [0, 0.05) is 19.4 Å². The van der Waals surface area contributed by atoms with Gasteiger partial charge in [0.1, 0.15) is 0 Å². The van der Waals surface area contributed by atoms with Crippen molar-refractivity contribution in [1.82, 2.24) is 0 Å². The molecule has 0 bridgehead atoms. The van der Waals surface area contributed by atoms with Gasteiger partial charge in [0.25, 0.3) is 0 Å². The van der Waals surface area contributed by atoms with Gasteiger partial charge in [0.15, 0.2) is 0 Å². The molecule has 0 aromatic carbocycles. The number of carboxylic acid groups (broad SMARTS) is 1. The van der Waals surface area contributed by atoms with Crippen LogP contribution < -0.4 is 0 Å². The largest absolute Gasteiger partial charge is 0.481 e. The summed E-state index contributed by atoms with van der Waals surface area (Å²) in [7, 11) is 0. The monoisotopic (exact) mass is 839 g/mol. The van der Waals surface area contributed by atoms with Crippen molar-refractivity contribution in [1.29, 1.82) is 0 Å². The van der Waals surface area contributed by atoms with Crippen molar-refractivity contribution in [2.24, 2.45) is 11.8 Å². The van der Waals surface area contributed by atoms with Crippen LogP contribution in [-0.4, -0.2) is 35.4 Å². The van der Waals surface area contributed by atoms with Gasteiger partial charge in [-0.1, -0.05) is 273 Å². The number of hydrogen-bond donors (Lipinski definition) is 2. The van der Waals surface area contributed by atoms with Crippen molar-refractivity contribution < 1.29 is 24.5 Å². The lowest BCUT2D eigenvalue weighted by molar-refractivity contribution is -0.144. The Morgan fingerprint density at radius 1 is 0.356 bits per heavy atom. The molecule has 0 saturated carbocycles. The van der Waals surface area contributed by atoms with Crippen LogP contribution in [0.15, 0.2) is 0 Å². The number of ether oxygens (including phenoxy) is 1. The van der Waals surface area contributed by atoms with Crippen LogP contribution in [0.1, 0.15) is 311 Å². The van der Waals surface area contributed by atoms with Crippen LogP contribution in [0.25, 0.3) is 0 Å². The van der Waals surface area contributed by atoms with E-state index in [2.05, 4.69) is 41.5 Å². The predicted molar refractivity (Wildman–Crippen MR) is 261 cm³/mol. The van der Waals surface area contributed by atoms with Gasteiger partial charge in [-0.3, -0.25) is 9.59 Å². The molecule has 0 fully saturated rings. The van der Waals surface area contributed by atoms with Gasteiger partial charge in [-0.25, -0.2) is 0 Å². The van der Waals surface area contributed by atoms with Gasteiger partial charge in [-0.2, -0.15) is 0 Å². The van der Waals surface area contributed by atoms with E-state index in [1.165, 1.54) is 205 Å². The highest BCUT2D eigenvalue weighted by molar-refractivity contribution is 5.69. The number of rotatable bonds is 45. The topological polar surface area (TPSA) is 83.8 Å². The molecule has 0 aliphatic rings. The summed E-state index contributed by atoms with van der Waals surface area (Å²) in [6.07, 6.45) is 53.6. The molecular formula is C54H110O5. The van der Waals surface area contributed by atoms with Gasteiger partial charge >= 0.3 is 11.9 Å². The number of carbonyl (C=O) groups is 2. The summed E-state index contributed by atoms with van der Waals surface area (Å²) in [6.45, 7) is 14.4. The second-order valence-corrected chi connectivity index (χ2v) is 18.2. The Balaban J connectivity index is -0.000000917. The standard InChI is InChI=1S/C27H54O2.C21H44O.C6H12O2/c1-4-7-10-12-14-15-17-20-22-26(21-19-16-13-11-8-5-2)24-25-29-27(28)23-18-9-6-3;1-3-5-7-9-11-12-14-16-18-21(19-20-22)17-15-13-10-8-6-4-2;1-2-3-4-5-6(7)8/h26H,4-25H2,1-3H3;21-22H,3-20H2,1-2H3;2-5H2,1H3,(H,7,8). The number of aliphatic hydroxyl groups is 1. The van der Waals surface area contributed by atoms with Gasteiger partial charge in [-0.05, 0) is 37.5 Å². The van der Waals surface area contributed by atoms with Crippen molar-refractivity contribution in [2.45, 2.75) is 311 Å². The fourth-order valence-electron chi connectivity index (χ4n) is 8.07. The van der Waals surface area contributed by atoms with E-state index in [4.69, 9.17) is 9.84 Å². The van der Waals surface area contributed by atoms with Crippen molar-refractivity contribution >= 4 is 11.9 Å². The smallest absolute Gasteiger partial charge is 0.305 e. The third-order valence-corrected chi connectivity index (χ3v) is 12.2. The minimum absolute atomic E-state index is 0.0174. The molecule has 0 aliphatic carbocycles. The Morgan fingerprint density at radius 3 is 0.932 bits per heavy atom. The normalized spacial score (nSPS) is 12.0. The van der Waals surface area contributed by atoms with Crippen LogP contribution in [0.3, 0.4) is 0 Å². The summed E-state index contributed by atoms with van der Waals surface area (Å²) in [4.78, 5) is 21.7. The molecular weight excluding hydrogens is 729 g/mol. The molecule has 2 atom stereocenters. The lowest BCUT2D eigenvalue weighted by Crippen LogP contribution is -2.10. The number of esters is 1. The summed E-state index contributed by atoms with van der Waals surface area (Å²) >= 11 is 0. The number of carbonyl (C=O) groups excluding carboxylic acids is 1. The van der Waals surface area contributed by atoms with Gasteiger partial charge in [-0.15, -0.1) is 0 Å². The molecule has 59 heavy (non-hydrogen) atoms. The molecule has 0 amide bonds. The molecule has 5 nitrogen and oxygen atoms in total. The highest BCUT2D eigenvalue weighted by Crippen LogP contribution is 2.24. The molecule has 0 aliphatic heterocycles.